The Hall–Kier alpha value is -2.27. The monoisotopic (exact) mass is 259 g/mol. The number of nitrogens with two attached hydrogens (primary N) is 1. The van der Waals surface area contributed by atoms with Gasteiger partial charge in [0.05, 0.1) is 11.8 Å². The molecule has 4 nitrogen and oxygen atoms in total. The highest BCUT2D eigenvalue weighted by Crippen LogP contribution is 2.09. The summed E-state index contributed by atoms with van der Waals surface area (Å²) in [4.78, 5) is 15.4. The van der Waals surface area contributed by atoms with Gasteiger partial charge in [0.15, 0.2) is 5.82 Å². The van der Waals surface area contributed by atoms with E-state index in [9.17, 15) is 9.18 Å². The summed E-state index contributed by atoms with van der Waals surface area (Å²) in [5, 5.41) is 2.67. The molecule has 0 unspecified atom stereocenters. The van der Waals surface area contributed by atoms with E-state index in [4.69, 9.17) is 5.73 Å². The van der Waals surface area contributed by atoms with Gasteiger partial charge in [0.1, 0.15) is 0 Å². The van der Waals surface area contributed by atoms with E-state index in [0.717, 1.165) is 17.3 Å². The van der Waals surface area contributed by atoms with Gasteiger partial charge in [0, 0.05) is 19.3 Å². The number of carbonyl (C=O) groups excluding carboxylic acids is 1. The van der Waals surface area contributed by atoms with Gasteiger partial charge < -0.3 is 11.1 Å². The normalized spacial score (nSPS) is 10.2. The second-order valence-electron chi connectivity index (χ2n) is 4.01. The molecule has 0 fully saturated rings. The van der Waals surface area contributed by atoms with E-state index in [-0.39, 0.29) is 5.56 Å². The molecule has 19 heavy (non-hydrogen) atoms. The average molecular weight is 259 g/mol. The van der Waals surface area contributed by atoms with Gasteiger partial charge >= 0.3 is 0 Å². The molecule has 0 aliphatic rings. The third-order valence-electron chi connectivity index (χ3n) is 2.79. The van der Waals surface area contributed by atoms with Gasteiger partial charge in [-0.15, -0.1) is 0 Å². The van der Waals surface area contributed by atoms with Crippen LogP contribution < -0.4 is 11.1 Å². The van der Waals surface area contributed by atoms with Crippen molar-refractivity contribution in [1.29, 1.82) is 0 Å². The average Bonchev–Trinajstić information content (AvgIpc) is 2.45. The minimum atomic E-state index is -0.632. The van der Waals surface area contributed by atoms with E-state index in [2.05, 4.69) is 10.3 Å². The van der Waals surface area contributed by atoms with E-state index in [1.54, 1.807) is 0 Å². The van der Waals surface area contributed by atoms with Crippen molar-refractivity contribution in [2.75, 3.05) is 0 Å². The Labute approximate surface area is 110 Å². The molecule has 1 amide bonds. The Morgan fingerprint density at radius 1 is 1.26 bits per heavy atom. The molecule has 0 radical (unpaired) electrons. The van der Waals surface area contributed by atoms with Crippen LogP contribution in [0.15, 0.2) is 42.7 Å². The number of benzene rings is 1. The molecule has 1 aromatic carbocycles. The van der Waals surface area contributed by atoms with Crippen LogP contribution in [-0.2, 0) is 13.1 Å². The number of aromatic nitrogens is 1. The van der Waals surface area contributed by atoms with Gasteiger partial charge in [0.2, 0.25) is 0 Å². The number of nitrogens with one attached hydrogen (secondary N) is 1. The first-order valence-electron chi connectivity index (χ1n) is 5.87. The summed E-state index contributed by atoms with van der Waals surface area (Å²) in [5.41, 5.74) is 7.48. The molecule has 0 bridgehead atoms. The lowest BCUT2D eigenvalue weighted by molar-refractivity contribution is 0.0946. The minimum absolute atomic E-state index is 0.0137. The van der Waals surface area contributed by atoms with Crippen LogP contribution in [0.2, 0.25) is 0 Å². The predicted molar refractivity (Wildman–Crippen MR) is 69.7 cm³/mol. The van der Waals surface area contributed by atoms with Gasteiger partial charge in [-0.05, 0) is 17.2 Å². The zero-order chi connectivity index (χ0) is 13.7. The maximum atomic E-state index is 13.4. The fourth-order valence-corrected chi connectivity index (χ4v) is 1.76. The van der Waals surface area contributed by atoms with E-state index < -0.39 is 11.7 Å². The molecule has 2 aromatic rings. The highest BCUT2D eigenvalue weighted by Gasteiger charge is 2.11. The first-order valence-corrected chi connectivity index (χ1v) is 5.87. The molecule has 5 heteroatoms. The van der Waals surface area contributed by atoms with Gasteiger partial charge in [-0.3, -0.25) is 9.78 Å². The third-order valence-corrected chi connectivity index (χ3v) is 2.79. The van der Waals surface area contributed by atoms with Crippen LogP contribution in [0.25, 0.3) is 0 Å². The Bertz CT molecular complexity index is 586. The van der Waals surface area contributed by atoms with Crippen molar-refractivity contribution in [3.05, 3.63) is 65.2 Å². The van der Waals surface area contributed by atoms with Crippen LogP contribution in [0.4, 0.5) is 4.39 Å². The van der Waals surface area contributed by atoms with Gasteiger partial charge in [-0.25, -0.2) is 4.39 Å². The number of rotatable bonds is 4. The van der Waals surface area contributed by atoms with Crippen molar-refractivity contribution in [1.82, 2.24) is 10.3 Å². The predicted octanol–water partition coefficient (Wildman–Crippen LogP) is 1.61. The Balaban J connectivity index is 2.07. The molecular formula is C14H14FN3O. The molecule has 0 spiro atoms. The lowest BCUT2D eigenvalue weighted by Crippen LogP contribution is -2.24. The SMILES string of the molecule is NCc1ccccc1CNC(=O)c1ccncc1F. The summed E-state index contributed by atoms with van der Waals surface area (Å²) in [5.74, 6) is -1.10. The Morgan fingerprint density at radius 2 is 2.00 bits per heavy atom. The maximum Gasteiger partial charge on any atom is 0.254 e. The minimum Gasteiger partial charge on any atom is -0.348 e. The van der Waals surface area contributed by atoms with Gasteiger partial charge in [-0.2, -0.15) is 0 Å². The summed E-state index contributed by atoms with van der Waals surface area (Å²) in [6.45, 7) is 0.712. The molecule has 1 aromatic heterocycles. The van der Waals surface area contributed by atoms with Crippen molar-refractivity contribution in [3.8, 4) is 0 Å². The standard InChI is InChI=1S/C14H14FN3O/c15-13-9-17-6-5-12(13)14(19)18-8-11-4-2-1-3-10(11)7-16/h1-6,9H,7-8,16H2,(H,18,19). The van der Waals surface area contributed by atoms with Crippen LogP contribution in [0.3, 0.4) is 0 Å². The van der Waals surface area contributed by atoms with E-state index in [0.29, 0.717) is 13.1 Å². The summed E-state index contributed by atoms with van der Waals surface area (Å²) >= 11 is 0. The van der Waals surface area contributed by atoms with Crippen LogP contribution in [0.1, 0.15) is 21.5 Å². The van der Waals surface area contributed by atoms with E-state index in [1.807, 2.05) is 24.3 Å². The van der Waals surface area contributed by atoms with Gasteiger partial charge in [0.25, 0.3) is 5.91 Å². The largest absolute Gasteiger partial charge is 0.348 e. The Morgan fingerprint density at radius 3 is 2.68 bits per heavy atom. The molecule has 0 atom stereocenters. The fraction of sp³-hybridized carbons (Fsp3) is 0.143. The molecule has 0 saturated heterocycles. The zero-order valence-corrected chi connectivity index (χ0v) is 10.3. The Kier molecular flexibility index (Phi) is 4.20. The summed E-state index contributed by atoms with van der Waals surface area (Å²) in [6.07, 6.45) is 2.40. The van der Waals surface area contributed by atoms with Crippen LogP contribution in [0, 0.1) is 5.82 Å². The van der Waals surface area contributed by atoms with Crippen LogP contribution in [-0.4, -0.2) is 10.9 Å². The number of amides is 1. The third kappa shape index (κ3) is 3.14. The van der Waals surface area contributed by atoms with Crippen molar-refractivity contribution in [3.63, 3.8) is 0 Å². The number of nitrogens with zero attached hydrogens (tertiary/aromatic N) is 1. The summed E-state index contributed by atoms with van der Waals surface area (Å²) < 4.78 is 13.4. The molecular weight excluding hydrogens is 245 g/mol. The number of pyridine rings is 1. The van der Waals surface area contributed by atoms with Crippen LogP contribution in [0.5, 0.6) is 0 Å². The quantitative estimate of drug-likeness (QED) is 0.876. The second-order valence-corrected chi connectivity index (χ2v) is 4.01. The zero-order valence-electron chi connectivity index (χ0n) is 10.3. The number of carbonyl (C=O) groups is 1. The maximum absolute atomic E-state index is 13.4. The molecule has 0 aliphatic heterocycles. The molecule has 1 heterocycles. The lowest BCUT2D eigenvalue weighted by Gasteiger charge is -2.09. The fourth-order valence-electron chi connectivity index (χ4n) is 1.76. The number of halogens is 1. The number of hydrogen-bond acceptors (Lipinski definition) is 3. The molecule has 98 valence electrons. The summed E-state index contributed by atoms with van der Waals surface area (Å²) in [7, 11) is 0. The molecule has 2 rings (SSSR count). The lowest BCUT2D eigenvalue weighted by atomic mass is 10.1. The van der Waals surface area contributed by atoms with E-state index >= 15 is 0 Å². The first-order chi connectivity index (χ1) is 9.22. The van der Waals surface area contributed by atoms with E-state index in [1.165, 1.54) is 12.3 Å². The summed E-state index contributed by atoms with van der Waals surface area (Å²) in [6, 6.07) is 8.88. The van der Waals surface area contributed by atoms with Crippen molar-refractivity contribution in [2.24, 2.45) is 5.73 Å². The first kappa shape index (κ1) is 13.2. The highest BCUT2D eigenvalue weighted by atomic mass is 19.1. The van der Waals surface area contributed by atoms with Crippen molar-refractivity contribution < 1.29 is 9.18 Å². The molecule has 0 aliphatic carbocycles. The molecule has 0 saturated carbocycles. The topological polar surface area (TPSA) is 68.0 Å². The molecule has 3 N–H and O–H groups in total. The smallest absolute Gasteiger partial charge is 0.254 e. The highest BCUT2D eigenvalue weighted by molar-refractivity contribution is 5.94. The second kappa shape index (κ2) is 6.06. The van der Waals surface area contributed by atoms with Gasteiger partial charge in [-0.1, -0.05) is 24.3 Å². The van der Waals surface area contributed by atoms with Crippen LogP contribution >= 0.6 is 0 Å². The van der Waals surface area contributed by atoms with Crippen molar-refractivity contribution in [2.45, 2.75) is 13.1 Å². The number of hydrogen-bond donors (Lipinski definition) is 2. The van der Waals surface area contributed by atoms with Crippen molar-refractivity contribution >= 4 is 5.91 Å².